The van der Waals surface area contributed by atoms with Gasteiger partial charge in [-0.15, -0.1) is 11.3 Å². The number of anilines is 2. The van der Waals surface area contributed by atoms with E-state index in [9.17, 15) is 14.4 Å². The number of rotatable bonds is 13. The first-order valence-electron chi connectivity index (χ1n) is 19.6. The quantitative estimate of drug-likeness (QED) is 0.0510. The van der Waals surface area contributed by atoms with E-state index in [4.69, 9.17) is 15.3 Å². The molecule has 2 aromatic heterocycles. The average Bonchev–Trinajstić information content (AvgIpc) is 3.78. The van der Waals surface area contributed by atoms with Crippen molar-refractivity contribution in [2.24, 2.45) is 0 Å². The maximum atomic E-state index is 12.5. The van der Waals surface area contributed by atoms with E-state index in [0.29, 0.717) is 42.7 Å². The van der Waals surface area contributed by atoms with Gasteiger partial charge in [0.2, 0.25) is 0 Å². The number of carbonyl (C=O) groups excluding carboxylic acids is 5. The second-order valence-electron chi connectivity index (χ2n) is 13.1. The number of aromatic nitrogens is 2. The number of Topliss-reactive ketones (excluding diaryl/α,β-unsaturated/α-hetero) is 1. The third-order valence-corrected chi connectivity index (χ3v) is 8.99. The molecule has 12 nitrogen and oxygen atoms in total. The Labute approximate surface area is 362 Å². The van der Waals surface area contributed by atoms with Crippen LogP contribution >= 0.6 is 11.3 Å². The van der Waals surface area contributed by atoms with Gasteiger partial charge in [0.15, 0.2) is 0 Å². The lowest BCUT2D eigenvalue weighted by Gasteiger charge is -2.21. The largest absolute Gasteiger partial charge is 0.399 e. The van der Waals surface area contributed by atoms with Gasteiger partial charge in [0.05, 0.1) is 11.6 Å². The lowest BCUT2D eigenvalue weighted by molar-refractivity contribution is -0.118. The molecule has 13 heteroatoms. The summed E-state index contributed by atoms with van der Waals surface area (Å²) < 4.78 is 0. The fraction of sp³-hybridized carbons (Fsp3) is 0.340. The summed E-state index contributed by atoms with van der Waals surface area (Å²) in [5.41, 5.74) is 14.7. The van der Waals surface area contributed by atoms with Crippen molar-refractivity contribution in [2.75, 3.05) is 37.8 Å². The van der Waals surface area contributed by atoms with Gasteiger partial charge in [-0.05, 0) is 93.7 Å². The van der Waals surface area contributed by atoms with Crippen LogP contribution in [0.1, 0.15) is 104 Å². The topological polar surface area (TPSA) is 176 Å². The van der Waals surface area contributed by atoms with Crippen LogP contribution in [0.25, 0.3) is 0 Å². The number of carbonyl (C=O) groups is 5. The van der Waals surface area contributed by atoms with Crippen molar-refractivity contribution in [1.29, 1.82) is 0 Å². The Balaban J connectivity index is 0. The summed E-state index contributed by atoms with van der Waals surface area (Å²) in [4.78, 5) is 61.0. The summed E-state index contributed by atoms with van der Waals surface area (Å²) in [5.74, 6) is 0.395. The number of thiazole rings is 1. The molecule has 0 bridgehead atoms. The first-order chi connectivity index (χ1) is 28.8. The summed E-state index contributed by atoms with van der Waals surface area (Å²) in [6, 6.07) is 27.3. The van der Waals surface area contributed by atoms with Gasteiger partial charge in [-0.3, -0.25) is 24.4 Å². The number of aldehydes is 1. The van der Waals surface area contributed by atoms with E-state index in [1.807, 2.05) is 119 Å². The van der Waals surface area contributed by atoms with Gasteiger partial charge in [-0.2, -0.15) is 0 Å². The SMILES string of the molecule is C=O.C=O.CC.CC(=O)[C@H](C)NCCNC(=O)c1cc(C=O)cc(N(C)Cc2ccccc2)c1.CC(C)c1ccc(N)cc1.CNC(C)c1cccnc1.Cc1cscn1. The Kier molecular flexibility index (Phi) is 32.9. The number of nitrogens with one attached hydrogen (secondary N) is 3. The highest BCUT2D eigenvalue weighted by Crippen LogP contribution is 2.20. The van der Waals surface area contributed by atoms with Crippen LogP contribution in [0, 0.1) is 6.92 Å². The minimum Gasteiger partial charge on any atom is -0.399 e. The second-order valence-corrected chi connectivity index (χ2v) is 13.8. The van der Waals surface area contributed by atoms with Gasteiger partial charge >= 0.3 is 0 Å². The normalized spacial score (nSPS) is 10.4. The number of hydrogen-bond acceptors (Lipinski definition) is 12. The number of nitrogens with two attached hydrogens (primary N) is 1. The van der Waals surface area contributed by atoms with E-state index in [-0.39, 0.29) is 17.7 Å². The fourth-order valence-electron chi connectivity index (χ4n) is 4.67. The van der Waals surface area contributed by atoms with Crippen LogP contribution in [0.15, 0.2) is 108 Å². The molecule has 326 valence electrons. The van der Waals surface area contributed by atoms with Crippen LogP contribution in [-0.4, -0.2) is 74.7 Å². The van der Waals surface area contributed by atoms with Crippen LogP contribution in [0.4, 0.5) is 11.4 Å². The van der Waals surface area contributed by atoms with Gasteiger partial charge in [0, 0.05) is 78.7 Å². The lowest BCUT2D eigenvalue weighted by atomic mass is 10.0. The molecule has 0 aliphatic heterocycles. The molecule has 0 aliphatic rings. The maximum absolute atomic E-state index is 12.5. The highest BCUT2D eigenvalue weighted by atomic mass is 32.1. The molecule has 0 radical (unpaired) electrons. The van der Waals surface area contributed by atoms with Crippen LogP contribution < -0.4 is 26.6 Å². The first kappa shape index (κ1) is 56.2. The van der Waals surface area contributed by atoms with E-state index < -0.39 is 0 Å². The summed E-state index contributed by atoms with van der Waals surface area (Å²) in [5, 5.41) is 11.0. The van der Waals surface area contributed by atoms with Gasteiger partial charge in [0.25, 0.3) is 5.91 Å². The molecule has 5 N–H and O–H groups in total. The average molecular weight is 842 g/mol. The molecule has 5 aromatic rings. The van der Waals surface area contributed by atoms with E-state index in [1.54, 1.807) is 42.7 Å². The van der Waals surface area contributed by atoms with Crippen LogP contribution in [0.5, 0.6) is 0 Å². The number of nitrogen functional groups attached to an aromatic ring is 1. The molecular formula is C47H67N7O5S. The van der Waals surface area contributed by atoms with Crippen molar-refractivity contribution >= 4 is 54.3 Å². The van der Waals surface area contributed by atoms with E-state index in [1.165, 1.54) is 18.1 Å². The fourth-order valence-corrected chi connectivity index (χ4v) is 5.21. The number of benzene rings is 3. The predicted molar refractivity (Wildman–Crippen MR) is 250 cm³/mol. The number of pyridine rings is 1. The number of ketones is 1. The van der Waals surface area contributed by atoms with Crippen molar-refractivity contribution in [3.05, 3.63) is 142 Å². The molecule has 5 rings (SSSR count). The summed E-state index contributed by atoms with van der Waals surface area (Å²) in [7, 11) is 3.86. The van der Waals surface area contributed by atoms with Gasteiger partial charge < -0.3 is 36.2 Å². The van der Waals surface area contributed by atoms with Gasteiger partial charge in [0.1, 0.15) is 25.6 Å². The smallest absolute Gasteiger partial charge is 0.251 e. The third-order valence-electron chi connectivity index (χ3n) is 8.29. The predicted octanol–water partition coefficient (Wildman–Crippen LogP) is 8.29. The number of hydrogen-bond donors (Lipinski definition) is 4. The van der Waals surface area contributed by atoms with Crippen molar-refractivity contribution in [2.45, 2.75) is 79.9 Å². The highest BCUT2D eigenvalue weighted by Gasteiger charge is 2.12. The molecule has 1 amide bonds. The number of nitrogens with zero attached hydrogens (tertiary/aromatic N) is 3. The Morgan fingerprint density at radius 2 is 1.52 bits per heavy atom. The van der Waals surface area contributed by atoms with E-state index >= 15 is 0 Å². The molecule has 3 aromatic carbocycles. The Bertz CT molecular complexity index is 1830. The van der Waals surface area contributed by atoms with Crippen molar-refractivity contribution in [3.63, 3.8) is 0 Å². The molecule has 0 fully saturated rings. The molecule has 2 heterocycles. The minimum atomic E-state index is -0.254. The van der Waals surface area contributed by atoms with Crippen LogP contribution in [0.3, 0.4) is 0 Å². The molecule has 0 aliphatic carbocycles. The third kappa shape index (κ3) is 24.8. The van der Waals surface area contributed by atoms with Gasteiger partial charge in [-0.25, -0.2) is 0 Å². The summed E-state index contributed by atoms with van der Waals surface area (Å²) in [6.45, 7) is 21.3. The van der Waals surface area contributed by atoms with E-state index in [2.05, 4.69) is 64.9 Å². The van der Waals surface area contributed by atoms with Crippen LogP contribution in [0.2, 0.25) is 0 Å². The van der Waals surface area contributed by atoms with Crippen LogP contribution in [-0.2, 0) is 20.9 Å². The van der Waals surface area contributed by atoms with Gasteiger partial charge in [-0.1, -0.05) is 76.2 Å². The Morgan fingerprint density at radius 1 is 0.883 bits per heavy atom. The molecule has 0 saturated carbocycles. The van der Waals surface area contributed by atoms with E-state index in [0.717, 1.165) is 28.9 Å². The monoisotopic (exact) mass is 841 g/mol. The zero-order valence-electron chi connectivity index (χ0n) is 37.1. The molecule has 60 heavy (non-hydrogen) atoms. The maximum Gasteiger partial charge on any atom is 0.251 e. The molecule has 2 atom stereocenters. The Morgan fingerprint density at radius 3 is 1.98 bits per heavy atom. The number of aryl methyl sites for hydroxylation is 1. The zero-order valence-corrected chi connectivity index (χ0v) is 37.9. The summed E-state index contributed by atoms with van der Waals surface area (Å²) >= 11 is 1.63. The molecular weight excluding hydrogens is 775 g/mol. The molecule has 0 saturated heterocycles. The standard InChI is InChI=1S/C22H27N3O3.C9H13N.C8H12N2.C4H5NS.C2H6.2CH2O/c1-16(17(2)27)23-9-10-24-22(28)20-11-19(15-26)12-21(13-20)25(3)14-18-7-5-4-6-8-18;1-7(2)8-3-5-9(10)6-4-8;1-7(9-2)8-4-3-5-10-6-8;1-4-2-6-3-5-4;3*1-2/h4-8,11-13,15-16,23H,9-10,14H2,1-3H3,(H,24,28);3-7H,10H2,1-2H3;3-7,9H,1-2H3;2-3H,1H3;1-2H3;2*1H2/t16-;;;;;;/m0....../s1. The summed E-state index contributed by atoms with van der Waals surface area (Å²) in [6.07, 6.45) is 4.40. The van der Waals surface area contributed by atoms with Crippen molar-refractivity contribution in [3.8, 4) is 0 Å². The minimum absolute atomic E-state index is 0.0519. The second kappa shape index (κ2) is 35.1. The van der Waals surface area contributed by atoms with Crippen molar-refractivity contribution in [1.82, 2.24) is 25.9 Å². The highest BCUT2D eigenvalue weighted by molar-refractivity contribution is 7.07. The Hall–Kier alpha value is -5.89. The lowest BCUT2D eigenvalue weighted by Crippen LogP contribution is -2.38. The first-order valence-corrected chi connectivity index (χ1v) is 20.5. The zero-order chi connectivity index (χ0) is 45.9. The van der Waals surface area contributed by atoms with Crippen molar-refractivity contribution < 1.29 is 24.0 Å². The number of amides is 1. The molecule has 0 spiro atoms. The molecule has 1 unspecified atom stereocenters.